The van der Waals surface area contributed by atoms with Crippen molar-refractivity contribution in [1.29, 1.82) is 0 Å². The van der Waals surface area contributed by atoms with Crippen LogP contribution in [0, 0.1) is 5.92 Å². The third-order valence-electron chi connectivity index (χ3n) is 5.42. The lowest BCUT2D eigenvalue weighted by Gasteiger charge is -2.14. The molecule has 0 spiro atoms. The number of aromatic amines is 1. The number of H-pyrrole nitrogens is 1. The van der Waals surface area contributed by atoms with Crippen LogP contribution in [0.4, 0.5) is 14.9 Å². The van der Waals surface area contributed by atoms with Crippen molar-refractivity contribution in [2.45, 2.75) is 25.8 Å². The van der Waals surface area contributed by atoms with Crippen molar-refractivity contribution in [3.05, 3.63) is 45.3 Å². The molecule has 1 aromatic carbocycles. The summed E-state index contributed by atoms with van der Waals surface area (Å²) in [5, 5.41) is 5.90. The van der Waals surface area contributed by atoms with Gasteiger partial charge in [0.1, 0.15) is 17.4 Å². The first-order chi connectivity index (χ1) is 15.0. The SMILES string of the molecule is C[C@H](Nc1ncc(N2CCOC2=O)s1)c1cc2cc(Cl)c(OCC3CC3)cc2[nH]c1=O. The van der Waals surface area contributed by atoms with Crippen LogP contribution in [0.15, 0.2) is 29.2 Å². The molecule has 2 N–H and O–H groups in total. The predicted octanol–water partition coefficient (Wildman–Crippen LogP) is 4.56. The van der Waals surface area contributed by atoms with Gasteiger partial charge in [0.25, 0.3) is 5.56 Å². The second-order valence-electron chi connectivity index (χ2n) is 7.81. The summed E-state index contributed by atoms with van der Waals surface area (Å²) in [5.74, 6) is 1.20. The molecule has 3 aromatic rings. The first-order valence-electron chi connectivity index (χ1n) is 10.1. The number of hydrogen-bond donors (Lipinski definition) is 2. The number of nitrogens with one attached hydrogen (secondary N) is 2. The number of hydrogen-bond acceptors (Lipinski definition) is 7. The van der Waals surface area contributed by atoms with Crippen molar-refractivity contribution in [2.24, 2.45) is 5.92 Å². The molecular formula is C21H21ClN4O4S. The highest BCUT2D eigenvalue weighted by molar-refractivity contribution is 7.19. The van der Waals surface area contributed by atoms with E-state index in [1.165, 1.54) is 24.2 Å². The highest BCUT2D eigenvalue weighted by Gasteiger charge is 2.26. The summed E-state index contributed by atoms with van der Waals surface area (Å²) in [5.41, 5.74) is 1.05. The van der Waals surface area contributed by atoms with E-state index in [4.69, 9.17) is 21.1 Å². The van der Waals surface area contributed by atoms with Gasteiger partial charge in [0.15, 0.2) is 5.13 Å². The Labute approximate surface area is 187 Å². The van der Waals surface area contributed by atoms with Gasteiger partial charge >= 0.3 is 6.09 Å². The lowest BCUT2D eigenvalue weighted by molar-refractivity contribution is 0.181. The quantitative estimate of drug-likeness (QED) is 0.536. The first-order valence-corrected chi connectivity index (χ1v) is 11.3. The number of carbonyl (C=O) groups is 1. The minimum Gasteiger partial charge on any atom is -0.492 e. The van der Waals surface area contributed by atoms with E-state index in [1.807, 2.05) is 19.1 Å². The van der Waals surface area contributed by atoms with Crippen LogP contribution in [0.25, 0.3) is 10.9 Å². The van der Waals surface area contributed by atoms with Gasteiger partial charge < -0.3 is 19.8 Å². The van der Waals surface area contributed by atoms with E-state index in [2.05, 4.69) is 15.3 Å². The zero-order chi connectivity index (χ0) is 21.5. The predicted molar refractivity (Wildman–Crippen MR) is 121 cm³/mol. The molecular weight excluding hydrogens is 440 g/mol. The Morgan fingerprint density at radius 1 is 1.39 bits per heavy atom. The molecule has 1 atom stereocenters. The highest BCUT2D eigenvalue weighted by Crippen LogP contribution is 2.34. The van der Waals surface area contributed by atoms with Crippen LogP contribution >= 0.6 is 22.9 Å². The maximum atomic E-state index is 12.7. The second kappa shape index (κ2) is 8.05. The maximum Gasteiger partial charge on any atom is 0.415 e. The molecule has 8 nitrogen and oxygen atoms in total. The van der Waals surface area contributed by atoms with Crippen LogP contribution < -0.4 is 20.5 Å². The molecule has 0 radical (unpaired) electrons. The Kier molecular flexibility index (Phi) is 5.23. The molecule has 5 rings (SSSR count). The van der Waals surface area contributed by atoms with E-state index >= 15 is 0 Å². The van der Waals surface area contributed by atoms with Crippen molar-refractivity contribution >= 4 is 50.1 Å². The summed E-state index contributed by atoms with van der Waals surface area (Å²) in [4.78, 5) is 33.3. The number of rotatable bonds is 7. The summed E-state index contributed by atoms with van der Waals surface area (Å²) in [7, 11) is 0. The van der Waals surface area contributed by atoms with Gasteiger partial charge in [0.2, 0.25) is 0 Å². The number of pyridine rings is 1. The van der Waals surface area contributed by atoms with Crippen LogP contribution in [0.5, 0.6) is 5.75 Å². The number of aromatic nitrogens is 2. The zero-order valence-electron chi connectivity index (χ0n) is 16.8. The zero-order valence-corrected chi connectivity index (χ0v) is 18.4. The number of halogens is 1. The number of fused-ring (bicyclic) bond motifs is 1. The van der Waals surface area contributed by atoms with Crippen molar-refractivity contribution in [3.63, 3.8) is 0 Å². The Balaban J connectivity index is 1.35. The van der Waals surface area contributed by atoms with Gasteiger partial charge in [0.05, 0.1) is 35.9 Å². The molecule has 0 unspecified atom stereocenters. The van der Waals surface area contributed by atoms with Gasteiger partial charge in [0, 0.05) is 17.0 Å². The van der Waals surface area contributed by atoms with Crippen molar-refractivity contribution in [3.8, 4) is 5.75 Å². The molecule has 162 valence electrons. The summed E-state index contributed by atoms with van der Waals surface area (Å²) in [6.07, 6.45) is 3.64. The fourth-order valence-corrected chi connectivity index (χ4v) is 4.61. The van der Waals surface area contributed by atoms with Crippen LogP contribution in [-0.4, -0.2) is 35.8 Å². The smallest absolute Gasteiger partial charge is 0.415 e. The van der Waals surface area contributed by atoms with Gasteiger partial charge in [-0.3, -0.25) is 9.69 Å². The van der Waals surface area contributed by atoms with Crippen LogP contribution in [-0.2, 0) is 4.74 Å². The standard InChI is InChI=1S/C21H21ClN4O4S/c1-11(24-20-23-9-18(31-20)26-4-5-29-21(26)28)14-6-13-7-15(22)17(30-10-12-2-3-12)8-16(13)25-19(14)27/h6-9,11-12H,2-5,10H2,1H3,(H,23,24)(H,25,27)/t11-/m0/s1. The number of thiazole rings is 1. The van der Waals surface area contributed by atoms with E-state index in [9.17, 15) is 9.59 Å². The molecule has 2 fully saturated rings. The summed E-state index contributed by atoms with van der Waals surface area (Å²) in [6.45, 7) is 3.42. The number of anilines is 2. The van der Waals surface area contributed by atoms with Gasteiger partial charge in [-0.1, -0.05) is 22.9 Å². The molecule has 1 saturated carbocycles. The lowest BCUT2D eigenvalue weighted by Crippen LogP contribution is -2.22. The minimum atomic E-state index is -0.369. The molecule has 1 amide bonds. The number of nitrogens with zero attached hydrogens (tertiary/aromatic N) is 2. The Morgan fingerprint density at radius 3 is 2.97 bits per heavy atom. The fraction of sp³-hybridized carbons (Fsp3) is 0.381. The van der Waals surface area contributed by atoms with Gasteiger partial charge in [-0.15, -0.1) is 0 Å². The van der Waals surface area contributed by atoms with Crippen molar-refractivity contribution in [2.75, 3.05) is 30.0 Å². The van der Waals surface area contributed by atoms with Crippen LogP contribution in [0.2, 0.25) is 5.02 Å². The molecule has 3 heterocycles. The molecule has 1 aliphatic carbocycles. The van der Waals surface area contributed by atoms with E-state index < -0.39 is 0 Å². The number of carbonyl (C=O) groups excluding carboxylic acids is 1. The Bertz CT molecular complexity index is 1210. The highest BCUT2D eigenvalue weighted by atomic mass is 35.5. The van der Waals surface area contributed by atoms with Crippen LogP contribution in [0.1, 0.15) is 31.4 Å². The molecule has 2 aromatic heterocycles. The number of ether oxygens (including phenoxy) is 2. The number of benzene rings is 1. The Hall–Kier alpha value is -2.78. The molecule has 10 heteroatoms. The monoisotopic (exact) mass is 460 g/mol. The van der Waals surface area contributed by atoms with E-state index in [0.717, 1.165) is 5.39 Å². The van der Waals surface area contributed by atoms with Gasteiger partial charge in [-0.2, -0.15) is 0 Å². The van der Waals surface area contributed by atoms with Gasteiger partial charge in [-0.25, -0.2) is 9.78 Å². The van der Waals surface area contributed by atoms with E-state index in [-0.39, 0.29) is 17.7 Å². The first kappa shape index (κ1) is 20.1. The third-order valence-corrected chi connectivity index (χ3v) is 6.67. The summed E-state index contributed by atoms with van der Waals surface area (Å²) in [6, 6.07) is 5.12. The van der Waals surface area contributed by atoms with Gasteiger partial charge in [-0.05, 0) is 37.8 Å². The normalized spacial score (nSPS) is 17.1. The fourth-order valence-electron chi connectivity index (χ4n) is 3.46. The largest absolute Gasteiger partial charge is 0.492 e. The van der Waals surface area contributed by atoms with Crippen molar-refractivity contribution < 1.29 is 14.3 Å². The molecule has 2 aliphatic rings. The Morgan fingerprint density at radius 2 is 2.23 bits per heavy atom. The number of cyclic esters (lactones) is 1. The summed E-state index contributed by atoms with van der Waals surface area (Å²) < 4.78 is 10.8. The molecule has 1 aliphatic heterocycles. The molecule has 31 heavy (non-hydrogen) atoms. The topological polar surface area (TPSA) is 96.5 Å². The number of amides is 1. The second-order valence-corrected chi connectivity index (χ2v) is 9.23. The van der Waals surface area contributed by atoms with E-state index in [1.54, 1.807) is 17.2 Å². The third kappa shape index (κ3) is 4.20. The lowest BCUT2D eigenvalue weighted by atomic mass is 10.1. The van der Waals surface area contributed by atoms with Crippen LogP contribution in [0.3, 0.4) is 0 Å². The average molecular weight is 461 g/mol. The average Bonchev–Trinajstić information content (AvgIpc) is 3.30. The molecule has 1 saturated heterocycles. The summed E-state index contributed by atoms with van der Waals surface area (Å²) >= 11 is 7.74. The maximum absolute atomic E-state index is 12.7. The van der Waals surface area contributed by atoms with Crippen molar-refractivity contribution in [1.82, 2.24) is 9.97 Å². The van der Waals surface area contributed by atoms with E-state index in [0.29, 0.717) is 57.7 Å². The minimum absolute atomic E-state index is 0.192. The molecule has 0 bridgehead atoms.